The molecule has 2 aromatic rings. The van der Waals surface area contributed by atoms with Crippen LogP contribution in [0.1, 0.15) is 124 Å². The standard InChI is InChI=1S/C25H36N4OS.C7H16.C2H6/c1-5-8-9-19(6-2)12-15-23-27-28-25(31-23)26-18(4)21-16-24(30)29(17-21)22-13-10-20(7-3)11-14-22;1-5-6-7(2,3)4;1-2/h10-11,13-14,19,21H,4-9,12,15-17H2,1-3H3,(H,26,28);5-6H2,1-4H3;1-2H3. The third-order valence-corrected chi connectivity index (χ3v) is 8.22. The first kappa shape index (κ1) is 35.8. The molecule has 1 aliphatic heterocycles. The molecule has 226 valence electrons. The number of benzene rings is 1. The Hall–Kier alpha value is -2.21. The van der Waals surface area contributed by atoms with E-state index in [0.717, 1.165) is 40.3 Å². The van der Waals surface area contributed by atoms with Gasteiger partial charge in [-0.15, -0.1) is 10.2 Å². The van der Waals surface area contributed by atoms with Crippen LogP contribution >= 0.6 is 11.3 Å². The van der Waals surface area contributed by atoms with Crippen molar-refractivity contribution in [2.45, 2.75) is 127 Å². The number of anilines is 2. The van der Waals surface area contributed by atoms with Gasteiger partial charge in [0.25, 0.3) is 0 Å². The number of hydrogen-bond acceptors (Lipinski definition) is 5. The van der Waals surface area contributed by atoms with Gasteiger partial charge in [-0.3, -0.25) is 4.79 Å². The second kappa shape index (κ2) is 19.0. The van der Waals surface area contributed by atoms with Gasteiger partial charge in [0.05, 0.1) is 0 Å². The van der Waals surface area contributed by atoms with Crippen molar-refractivity contribution in [3.63, 3.8) is 0 Å². The van der Waals surface area contributed by atoms with Crippen LogP contribution in [0.25, 0.3) is 0 Å². The molecule has 1 saturated heterocycles. The van der Waals surface area contributed by atoms with Gasteiger partial charge in [0.2, 0.25) is 11.0 Å². The van der Waals surface area contributed by atoms with E-state index in [1.54, 1.807) is 11.3 Å². The summed E-state index contributed by atoms with van der Waals surface area (Å²) in [5, 5.41) is 13.8. The van der Waals surface area contributed by atoms with Crippen LogP contribution in [0.4, 0.5) is 10.8 Å². The maximum Gasteiger partial charge on any atom is 0.227 e. The lowest BCUT2D eigenvalue weighted by Crippen LogP contribution is -2.25. The second-order valence-corrected chi connectivity index (χ2v) is 12.9. The zero-order valence-electron chi connectivity index (χ0n) is 27.1. The fraction of sp³-hybridized carbons (Fsp3) is 0.676. The van der Waals surface area contributed by atoms with Crippen molar-refractivity contribution in [1.82, 2.24) is 10.2 Å². The zero-order chi connectivity index (χ0) is 30.1. The summed E-state index contributed by atoms with van der Waals surface area (Å²) >= 11 is 1.61. The number of unbranched alkanes of at least 4 members (excludes halogenated alkanes) is 1. The Labute approximate surface area is 250 Å². The van der Waals surface area contributed by atoms with Crippen LogP contribution in [-0.2, 0) is 17.6 Å². The lowest BCUT2D eigenvalue weighted by atomic mass is 9.91. The molecule has 1 aromatic heterocycles. The van der Waals surface area contributed by atoms with Gasteiger partial charge in [-0.1, -0.05) is 124 Å². The number of carbonyl (C=O) groups is 1. The van der Waals surface area contributed by atoms with Crippen molar-refractivity contribution in [1.29, 1.82) is 0 Å². The highest BCUT2D eigenvalue weighted by Gasteiger charge is 2.32. The van der Waals surface area contributed by atoms with Gasteiger partial charge in [-0.2, -0.15) is 0 Å². The highest BCUT2D eigenvalue weighted by atomic mass is 32.1. The first-order chi connectivity index (χ1) is 19.1. The van der Waals surface area contributed by atoms with Crippen LogP contribution in [-0.4, -0.2) is 22.6 Å². The van der Waals surface area contributed by atoms with Crippen LogP contribution in [0, 0.1) is 17.3 Å². The van der Waals surface area contributed by atoms with E-state index in [1.165, 1.54) is 50.5 Å². The molecule has 0 bridgehead atoms. The van der Waals surface area contributed by atoms with Gasteiger partial charge >= 0.3 is 0 Å². The molecule has 40 heavy (non-hydrogen) atoms. The quantitative estimate of drug-likeness (QED) is 0.260. The first-order valence-corrected chi connectivity index (χ1v) is 16.6. The van der Waals surface area contributed by atoms with Gasteiger partial charge in [-0.05, 0) is 48.3 Å². The molecule has 2 atom stereocenters. The molecule has 1 aliphatic rings. The molecule has 1 amide bonds. The number of rotatable bonds is 13. The molecule has 0 spiro atoms. The third-order valence-electron chi connectivity index (χ3n) is 7.32. The van der Waals surface area contributed by atoms with E-state index in [-0.39, 0.29) is 11.8 Å². The predicted octanol–water partition coefficient (Wildman–Crippen LogP) is 10.1. The summed E-state index contributed by atoms with van der Waals surface area (Å²) in [6.45, 7) is 24.6. The summed E-state index contributed by atoms with van der Waals surface area (Å²) in [4.78, 5) is 14.4. The Bertz CT molecular complexity index is 977. The molecular formula is C34H58N4OS. The summed E-state index contributed by atoms with van der Waals surface area (Å²) in [6.07, 6.45) is 11.4. The molecule has 1 fully saturated rings. The Morgan fingerprint density at radius 1 is 1.07 bits per heavy atom. The van der Waals surface area contributed by atoms with E-state index < -0.39 is 0 Å². The Morgan fingerprint density at radius 2 is 1.75 bits per heavy atom. The van der Waals surface area contributed by atoms with Gasteiger partial charge in [0.1, 0.15) is 5.01 Å². The van der Waals surface area contributed by atoms with Crippen LogP contribution in [0.5, 0.6) is 0 Å². The van der Waals surface area contributed by atoms with E-state index in [4.69, 9.17) is 0 Å². The van der Waals surface area contributed by atoms with Crippen LogP contribution in [0.15, 0.2) is 36.5 Å². The van der Waals surface area contributed by atoms with Gasteiger partial charge in [-0.25, -0.2) is 0 Å². The highest BCUT2D eigenvalue weighted by molar-refractivity contribution is 7.15. The Morgan fingerprint density at radius 3 is 2.27 bits per heavy atom. The van der Waals surface area contributed by atoms with Crippen molar-refractivity contribution >= 4 is 28.1 Å². The molecule has 0 saturated carbocycles. The summed E-state index contributed by atoms with van der Waals surface area (Å²) < 4.78 is 0. The van der Waals surface area contributed by atoms with E-state index in [1.807, 2.05) is 30.9 Å². The van der Waals surface area contributed by atoms with Crippen LogP contribution in [0.3, 0.4) is 0 Å². The minimum absolute atomic E-state index is 0.0733. The largest absolute Gasteiger partial charge is 0.334 e. The lowest BCUT2D eigenvalue weighted by Gasteiger charge is -2.18. The zero-order valence-corrected chi connectivity index (χ0v) is 27.9. The molecule has 2 heterocycles. The number of carbonyl (C=O) groups excluding carboxylic acids is 1. The number of nitrogens with one attached hydrogen (secondary N) is 1. The van der Waals surface area contributed by atoms with E-state index in [2.05, 4.69) is 82.7 Å². The number of aryl methyl sites for hydroxylation is 2. The average Bonchev–Trinajstić information content (AvgIpc) is 3.56. The van der Waals surface area contributed by atoms with Crippen molar-refractivity contribution in [2.24, 2.45) is 17.3 Å². The Kier molecular flexibility index (Phi) is 17.0. The molecule has 6 heteroatoms. The number of hydrogen-bond donors (Lipinski definition) is 1. The normalized spacial score (nSPS) is 15.6. The molecule has 1 aromatic carbocycles. The molecular weight excluding hydrogens is 512 g/mol. The monoisotopic (exact) mass is 570 g/mol. The maximum atomic E-state index is 12.6. The van der Waals surface area contributed by atoms with Crippen molar-refractivity contribution in [2.75, 3.05) is 16.8 Å². The van der Waals surface area contributed by atoms with Crippen molar-refractivity contribution in [3.8, 4) is 0 Å². The fourth-order valence-electron chi connectivity index (χ4n) is 4.87. The molecule has 2 unspecified atom stereocenters. The number of nitrogens with zero attached hydrogens (tertiary/aromatic N) is 3. The molecule has 3 rings (SSSR count). The summed E-state index contributed by atoms with van der Waals surface area (Å²) in [6, 6.07) is 8.26. The SMILES string of the molecule is C=C(Nc1nnc(CCC(CC)CCCC)s1)C1CC(=O)N(c2ccc(CC)cc2)C1.CC.CCCC(C)(C)C. The van der Waals surface area contributed by atoms with Crippen LogP contribution in [0.2, 0.25) is 0 Å². The topological polar surface area (TPSA) is 58.1 Å². The smallest absolute Gasteiger partial charge is 0.227 e. The summed E-state index contributed by atoms with van der Waals surface area (Å²) in [5.74, 6) is 0.995. The minimum Gasteiger partial charge on any atom is -0.334 e. The van der Waals surface area contributed by atoms with Crippen LogP contribution < -0.4 is 10.2 Å². The van der Waals surface area contributed by atoms with Gasteiger partial charge in [0, 0.05) is 36.7 Å². The number of amides is 1. The second-order valence-electron chi connectivity index (χ2n) is 11.8. The summed E-state index contributed by atoms with van der Waals surface area (Å²) in [5.41, 5.74) is 3.64. The lowest BCUT2D eigenvalue weighted by molar-refractivity contribution is -0.117. The van der Waals surface area contributed by atoms with Crippen molar-refractivity contribution in [3.05, 3.63) is 47.1 Å². The first-order valence-electron chi connectivity index (χ1n) is 15.8. The molecule has 1 N–H and O–H groups in total. The molecule has 0 radical (unpaired) electrons. The molecule has 5 nitrogen and oxygen atoms in total. The van der Waals surface area contributed by atoms with E-state index in [0.29, 0.717) is 18.4 Å². The summed E-state index contributed by atoms with van der Waals surface area (Å²) in [7, 11) is 0. The van der Waals surface area contributed by atoms with Crippen molar-refractivity contribution < 1.29 is 4.79 Å². The van der Waals surface area contributed by atoms with E-state index in [9.17, 15) is 4.79 Å². The minimum atomic E-state index is 0.0733. The van der Waals surface area contributed by atoms with Gasteiger partial charge < -0.3 is 10.2 Å². The Balaban J connectivity index is 0.000000775. The van der Waals surface area contributed by atoms with Gasteiger partial charge in [0.15, 0.2) is 0 Å². The van der Waals surface area contributed by atoms with E-state index >= 15 is 0 Å². The fourth-order valence-corrected chi connectivity index (χ4v) is 5.66. The third kappa shape index (κ3) is 13.0. The maximum absolute atomic E-state index is 12.6. The molecule has 0 aliphatic carbocycles. The average molecular weight is 571 g/mol. The highest BCUT2D eigenvalue weighted by Crippen LogP contribution is 2.31. The predicted molar refractivity (Wildman–Crippen MR) is 176 cm³/mol. The number of aromatic nitrogens is 2.